The number of carbonyl (C=O) groups is 1. The summed E-state index contributed by atoms with van der Waals surface area (Å²) in [7, 11) is 0. The lowest BCUT2D eigenvalue weighted by atomic mass is 9.96. The molecule has 0 aliphatic heterocycles. The van der Waals surface area contributed by atoms with Gasteiger partial charge >= 0.3 is 5.76 Å². The van der Waals surface area contributed by atoms with Gasteiger partial charge in [-0.1, -0.05) is 0 Å². The Morgan fingerprint density at radius 1 is 1.24 bits per heavy atom. The molecule has 9 nitrogen and oxygen atoms in total. The molecule has 4 rings (SSSR count). The van der Waals surface area contributed by atoms with Crippen molar-refractivity contribution in [1.29, 1.82) is 0 Å². The number of amides is 1. The summed E-state index contributed by atoms with van der Waals surface area (Å²) in [4.78, 5) is 27.7. The smallest absolute Gasteiger partial charge is 0.388 e. The van der Waals surface area contributed by atoms with Crippen LogP contribution in [0.1, 0.15) is 35.5 Å². The van der Waals surface area contributed by atoms with E-state index in [-0.39, 0.29) is 32.5 Å². The standard InChI is InChI=1S/C22H19F2N5O4S/c1-9-11(19-28-29-21(31)33-19)4-5-16(26-9)27-20-12(18(25)30)8-15(34-20)17-13(23)6-10(7-14(17)24)22(2,3)32/h4-8,32H,1-3H3,(H2,25,30)(H,26,27)(H,29,31). The van der Waals surface area contributed by atoms with Crippen LogP contribution in [0.15, 0.2) is 39.5 Å². The first-order chi connectivity index (χ1) is 15.9. The third-order valence-electron chi connectivity index (χ3n) is 4.99. The molecule has 34 heavy (non-hydrogen) atoms. The molecule has 0 spiro atoms. The maximum absolute atomic E-state index is 14.8. The molecule has 3 aromatic heterocycles. The van der Waals surface area contributed by atoms with Gasteiger partial charge in [-0.3, -0.25) is 4.79 Å². The number of rotatable bonds is 6. The summed E-state index contributed by atoms with van der Waals surface area (Å²) in [6.45, 7) is 4.50. The Hall–Kier alpha value is -3.90. The molecule has 176 valence electrons. The highest BCUT2D eigenvalue weighted by molar-refractivity contribution is 7.20. The van der Waals surface area contributed by atoms with Crippen LogP contribution in [0.3, 0.4) is 0 Å². The summed E-state index contributed by atoms with van der Waals surface area (Å²) < 4.78 is 34.6. The van der Waals surface area contributed by atoms with Crippen molar-refractivity contribution in [2.75, 3.05) is 5.32 Å². The lowest BCUT2D eigenvalue weighted by Crippen LogP contribution is -2.16. The highest BCUT2D eigenvalue weighted by Crippen LogP contribution is 2.40. The number of aromatic nitrogens is 3. The number of H-pyrrole nitrogens is 1. The SMILES string of the molecule is Cc1nc(Nc2sc(-c3c(F)cc(C(C)(C)O)cc3F)cc2C(N)=O)ccc1-c1n[nH]c(=O)o1. The van der Waals surface area contributed by atoms with Crippen LogP contribution in [0.4, 0.5) is 19.6 Å². The summed E-state index contributed by atoms with van der Waals surface area (Å²) in [5, 5.41) is 19.2. The summed E-state index contributed by atoms with van der Waals surface area (Å²) in [6, 6.07) is 6.55. The first-order valence-electron chi connectivity index (χ1n) is 9.90. The van der Waals surface area contributed by atoms with Gasteiger partial charge in [0, 0.05) is 4.88 Å². The predicted octanol–water partition coefficient (Wildman–Crippen LogP) is 3.81. The van der Waals surface area contributed by atoms with E-state index in [2.05, 4.69) is 20.5 Å². The molecular weight excluding hydrogens is 468 g/mol. The zero-order chi connectivity index (χ0) is 24.8. The fourth-order valence-corrected chi connectivity index (χ4v) is 4.39. The minimum absolute atomic E-state index is 0.0205. The number of nitrogens with zero attached hydrogens (tertiary/aromatic N) is 2. The average molecular weight is 487 g/mol. The predicted molar refractivity (Wildman–Crippen MR) is 122 cm³/mol. The van der Waals surface area contributed by atoms with E-state index in [1.54, 1.807) is 19.1 Å². The zero-order valence-corrected chi connectivity index (χ0v) is 19.0. The number of aryl methyl sites for hydroxylation is 1. The van der Waals surface area contributed by atoms with E-state index < -0.39 is 28.9 Å². The van der Waals surface area contributed by atoms with Gasteiger partial charge in [-0.15, -0.1) is 16.4 Å². The molecule has 0 fully saturated rings. The van der Waals surface area contributed by atoms with Crippen LogP contribution in [0.5, 0.6) is 0 Å². The number of halogens is 2. The van der Waals surface area contributed by atoms with Crippen molar-refractivity contribution in [3.05, 3.63) is 69.3 Å². The number of nitrogens with one attached hydrogen (secondary N) is 2. The number of pyridine rings is 1. The molecule has 0 aliphatic carbocycles. The van der Waals surface area contributed by atoms with Crippen molar-refractivity contribution >= 4 is 28.1 Å². The largest absolute Gasteiger partial charge is 0.434 e. The van der Waals surface area contributed by atoms with E-state index in [0.717, 1.165) is 23.5 Å². The molecule has 0 radical (unpaired) electrons. The van der Waals surface area contributed by atoms with Gasteiger partial charge in [0.25, 0.3) is 11.8 Å². The van der Waals surface area contributed by atoms with Crippen LogP contribution in [-0.2, 0) is 5.60 Å². The van der Waals surface area contributed by atoms with Gasteiger partial charge in [-0.25, -0.2) is 23.7 Å². The van der Waals surface area contributed by atoms with E-state index in [0.29, 0.717) is 17.1 Å². The number of benzene rings is 1. The van der Waals surface area contributed by atoms with Crippen molar-refractivity contribution in [3.63, 3.8) is 0 Å². The average Bonchev–Trinajstić information content (AvgIpc) is 3.33. The summed E-state index contributed by atoms with van der Waals surface area (Å²) in [5.74, 6) is -2.90. The summed E-state index contributed by atoms with van der Waals surface area (Å²) >= 11 is 0.916. The quantitative estimate of drug-likeness (QED) is 0.323. The monoisotopic (exact) mass is 487 g/mol. The van der Waals surface area contributed by atoms with Crippen molar-refractivity contribution in [3.8, 4) is 21.9 Å². The molecular formula is C22H19F2N5O4S. The van der Waals surface area contributed by atoms with Crippen LogP contribution in [0, 0.1) is 18.6 Å². The minimum atomic E-state index is -1.44. The van der Waals surface area contributed by atoms with E-state index in [9.17, 15) is 23.5 Å². The molecule has 0 aliphatic rings. The van der Waals surface area contributed by atoms with Gasteiger partial charge in [-0.05, 0) is 56.7 Å². The Kier molecular flexibility index (Phi) is 5.79. The van der Waals surface area contributed by atoms with E-state index in [1.165, 1.54) is 19.9 Å². The number of nitrogens with two attached hydrogens (primary N) is 1. The molecule has 12 heteroatoms. The maximum Gasteiger partial charge on any atom is 0.434 e. The van der Waals surface area contributed by atoms with Gasteiger partial charge in [0.2, 0.25) is 0 Å². The Balaban J connectivity index is 1.71. The van der Waals surface area contributed by atoms with Gasteiger partial charge in [0.05, 0.1) is 28.0 Å². The Bertz CT molecular complexity index is 1450. The van der Waals surface area contributed by atoms with E-state index in [4.69, 9.17) is 10.2 Å². The van der Waals surface area contributed by atoms with Crippen molar-refractivity contribution < 1.29 is 23.1 Å². The van der Waals surface area contributed by atoms with Crippen molar-refractivity contribution in [1.82, 2.24) is 15.2 Å². The Labute approximate surface area is 195 Å². The molecule has 0 saturated heterocycles. The summed E-state index contributed by atoms with van der Waals surface area (Å²) in [5.41, 5.74) is 4.74. The number of hydrogen-bond donors (Lipinski definition) is 4. The molecule has 0 saturated carbocycles. The van der Waals surface area contributed by atoms with Crippen LogP contribution in [-0.4, -0.2) is 26.2 Å². The number of thiophene rings is 1. The molecule has 3 heterocycles. The van der Waals surface area contributed by atoms with Crippen LogP contribution >= 0.6 is 11.3 Å². The van der Waals surface area contributed by atoms with Gasteiger partial charge < -0.3 is 20.6 Å². The van der Waals surface area contributed by atoms with Crippen LogP contribution < -0.4 is 16.8 Å². The maximum atomic E-state index is 14.8. The fourth-order valence-electron chi connectivity index (χ4n) is 3.27. The number of carbonyl (C=O) groups excluding carboxylic acids is 1. The van der Waals surface area contributed by atoms with Crippen LogP contribution in [0.2, 0.25) is 0 Å². The number of hydrogen-bond acceptors (Lipinski definition) is 8. The highest BCUT2D eigenvalue weighted by atomic mass is 32.1. The number of aliphatic hydroxyl groups is 1. The van der Waals surface area contributed by atoms with Gasteiger partial charge in [0.15, 0.2) is 0 Å². The van der Waals surface area contributed by atoms with E-state index in [1.807, 2.05) is 0 Å². The topological polar surface area (TPSA) is 147 Å². The Morgan fingerprint density at radius 3 is 2.44 bits per heavy atom. The first-order valence-corrected chi connectivity index (χ1v) is 10.7. The molecule has 5 N–H and O–H groups in total. The minimum Gasteiger partial charge on any atom is -0.388 e. The lowest BCUT2D eigenvalue weighted by Gasteiger charge is -2.18. The second-order valence-electron chi connectivity index (χ2n) is 7.96. The highest BCUT2D eigenvalue weighted by Gasteiger charge is 2.24. The van der Waals surface area contributed by atoms with Crippen molar-refractivity contribution in [2.24, 2.45) is 5.73 Å². The molecule has 4 aromatic rings. The Morgan fingerprint density at radius 2 is 1.91 bits per heavy atom. The molecule has 0 unspecified atom stereocenters. The lowest BCUT2D eigenvalue weighted by molar-refractivity contribution is 0.0778. The van der Waals surface area contributed by atoms with E-state index >= 15 is 0 Å². The third kappa shape index (κ3) is 4.45. The van der Waals surface area contributed by atoms with Gasteiger partial charge in [-0.2, -0.15) is 0 Å². The molecule has 1 aromatic carbocycles. The third-order valence-corrected chi connectivity index (χ3v) is 6.06. The molecule has 0 bridgehead atoms. The second kappa shape index (κ2) is 8.47. The number of anilines is 2. The summed E-state index contributed by atoms with van der Waals surface area (Å²) in [6.07, 6.45) is 0. The molecule has 0 atom stereocenters. The van der Waals surface area contributed by atoms with Gasteiger partial charge in [0.1, 0.15) is 22.5 Å². The normalized spacial score (nSPS) is 11.6. The zero-order valence-electron chi connectivity index (χ0n) is 18.2. The number of aromatic amines is 1. The second-order valence-corrected chi connectivity index (χ2v) is 9.02. The first kappa shape index (κ1) is 23.3. The number of primary amides is 1. The fraction of sp³-hybridized carbons (Fsp3) is 0.182. The van der Waals surface area contributed by atoms with Crippen LogP contribution in [0.25, 0.3) is 21.9 Å². The molecule has 1 amide bonds. The van der Waals surface area contributed by atoms with Crippen molar-refractivity contribution in [2.45, 2.75) is 26.4 Å².